The van der Waals surface area contributed by atoms with Gasteiger partial charge in [-0.1, -0.05) is 19.1 Å². The van der Waals surface area contributed by atoms with Gasteiger partial charge < -0.3 is 15.9 Å². The molecule has 2 aromatic rings. The van der Waals surface area contributed by atoms with E-state index in [0.29, 0.717) is 29.7 Å². The molecule has 0 saturated heterocycles. The van der Waals surface area contributed by atoms with E-state index in [4.69, 9.17) is 16.3 Å². The summed E-state index contributed by atoms with van der Waals surface area (Å²) in [5.41, 5.74) is 8.07. The van der Waals surface area contributed by atoms with Gasteiger partial charge in [-0.25, -0.2) is 10.8 Å². The van der Waals surface area contributed by atoms with Crippen LogP contribution in [0.25, 0.3) is 0 Å². The summed E-state index contributed by atoms with van der Waals surface area (Å²) in [4.78, 5) is 19.9. The highest BCUT2D eigenvalue weighted by Crippen LogP contribution is 2.25. The molecule has 2 rings (SSSR count). The van der Waals surface area contributed by atoms with Crippen LogP contribution in [0.5, 0.6) is 11.6 Å². The van der Waals surface area contributed by atoms with Gasteiger partial charge in [0, 0.05) is 12.5 Å². The number of carbonyl (C=O) groups is 1. The minimum Gasteiger partial charge on any atom is -0.438 e. The Morgan fingerprint density at radius 3 is 2.76 bits per heavy atom. The zero-order valence-corrected chi connectivity index (χ0v) is 11.7. The maximum atomic E-state index is 11.4. The quantitative estimate of drug-likeness (QED) is 0.549. The zero-order valence-electron chi connectivity index (χ0n) is 11.7. The monoisotopic (exact) mass is 287 g/mol. The fourth-order valence-electron chi connectivity index (χ4n) is 1.81. The van der Waals surface area contributed by atoms with Crippen LogP contribution in [0.2, 0.25) is 0 Å². The Balaban J connectivity index is 2.35. The van der Waals surface area contributed by atoms with Gasteiger partial charge in [-0.05, 0) is 18.6 Å². The van der Waals surface area contributed by atoms with Gasteiger partial charge in [0.2, 0.25) is 5.88 Å². The topological polar surface area (TPSA) is 116 Å². The van der Waals surface area contributed by atoms with Gasteiger partial charge in [0.1, 0.15) is 17.4 Å². The van der Waals surface area contributed by atoms with Crippen LogP contribution in [-0.2, 0) is 6.42 Å². The number of nitrogens with one attached hydrogen (secondary N) is 1. The number of ether oxygens (including phenoxy) is 1. The molecule has 0 aliphatic heterocycles. The molecular weight excluding hydrogens is 270 g/mol. The van der Waals surface area contributed by atoms with Gasteiger partial charge in [-0.15, -0.1) is 0 Å². The predicted octanol–water partition coefficient (Wildman–Crippen LogP) is 1.61. The third-order valence-corrected chi connectivity index (χ3v) is 2.74. The van der Waals surface area contributed by atoms with Gasteiger partial charge in [0.15, 0.2) is 0 Å². The fourth-order valence-corrected chi connectivity index (χ4v) is 1.81. The molecule has 0 saturated carbocycles. The highest BCUT2D eigenvalue weighted by molar-refractivity contribution is 5.95. The first-order valence-corrected chi connectivity index (χ1v) is 6.55. The van der Waals surface area contributed by atoms with Crippen molar-refractivity contribution in [3.63, 3.8) is 0 Å². The number of nitrogens with zero attached hydrogens (tertiary/aromatic N) is 2. The van der Waals surface area contributed by atoms with Crippen molar-refractivity contribution in [2.45, 2.75) is 19.8 Å². The van der Waals surface area contributed by atoms with Crippen molar-refractivity contribution in [2.75, 3.05) is 5.43 Å². The Bertz CT molecular complexity index is 645. The Morgan fingerprint density at radius 2 is 2.10 bits per heavy atom. The molecule has 0 unspecified atom stereocenters. The molecule has 0 fully saturated rings. The zero-order chi connectivity index (χ0) is 15.2. The summed E-state index contributed by atoms with van der Waals surface area (Å²) in [6, 6.07) is 8.25. The lowest BCUT2D eigenvalue weighted by Crippen LogP contribution is -2.13. The first kappa shape index (κ1) is 14.7. The van der Waals surface area contributed by atoms with Crippen LogP contribution in [0.15, 0.2) is 30.3 Å². The molecule has 1 amide bonds. The maximum Gasteiger partial charge on any atom is 0.252 e. The van der Waals surface area contributed by atoms with E-state index in [9.17, 15) is 4.79 Å². The molecule has 1 aromatic heterocycles. The number of nitrogens with two attached hydrogens (primary N) is 2. The molecule has 21 heavy (non-hydrogen) atoms. The van der Waals surface area contributed by atoms with Crippen LogP contribution in [0.1, 0.15) is 29.5 Å². The summed E-state index contributed by atoms with van der Waals surface area (Å²) in [5.74, 6) is 6.52. The number of hydrazine groups is 1. The number of para-hydroxylation sites is 1. The van der Waals surface area contributed by atoms with Gasteiger partial charge in [-0.2, -0.15) is 4.98 Å². The first-order chi connectivity index (χ1) is 10.1. The first-order valence-electron chi connectivity index (χ1n) is 6.55. The van der Waals surface area contributed by atoms with Crippen molar-refractivity contribution >= 4 is 11.7 Å². The summed E-state index contributed by atoms with van der Waals surface area (Å²) in [6.07, 6.45) is 1.59. The Hall–Kier alpha value is -2.67. The van der Waals surface area contributed by atoms with Crippen molar-refractivity contribution < 1.29 is 9.53 Å². The van der Waals surface area contributed by atoms with Crippen LogP contribution in [0.3, 0.4) is 0 Å². The second-order valence-electron chi connectivity index (χ2n) is 4.36. The van der Waals surface area contributed by atoms with E-state index < -0.39 is 5.91 Å². The Morgan fingerprint density at radius 1 is 1.33 bits per heavy atom. The minimum absolute atomic E-state index is 0.287. The summed E-state index contributed by atoms with van der Waals surface area (Å²) in [6.45, 7) is 2.02. The minimum atomic E-state index is -0.564. The molecule has 5 N–H and O–H groups in total. The Kier molecular flexibility index (Phi) is 4.68. The molecule has 7 heteroatoms. The van der Waals surface area contributed by atoms with Gasteiger partial charge in [-0.3, -0.25) is 4.79 Å². The van der Waals surface area contributed by atoms with Gasteiger partial charge in [0.25, 0.3) is 5.91 Å². The highest BCUT2D eigenvalue weighted by atomic mass is 16.5. The second kappa shape index (κ2) is 6.67. The highest BCUT2D eigenvalue weighted by Gasteiger charge is 2.11. The molecule has 7 nitrogen and oxygen atoms in total. The molecule has 110 valence electrons. The van der Waals surface area contributed by atoms with Crippen LogP contribution < -0.4 is 21.7 Å². The lowest BCUT2D eigenvalue weighted by atomic mass is 10.2. The molecule has 0 spiro atoms. The Labute approximate surface area is 122 Å². The number of aryl methyl sites for hydroxylation is 1. The number of amides is 1. The van der Waals surface area contributed by atoms with Crippen molar-refractivity contribution in [1.82, 2.24) is 9.97 Å². The maximum absolute atomic E-state index is 11.4. The van der Waals surface area contributed by atoms with Crippen LogP contribution in [0.4, 0.5) is 5.82 Å². The van der Waals surface area contributed by atoms with Crippen molar-refractivity contribution in [3.05, 3.63) is 41.7 Å². The third kappa shape index (κ3) is 3.67. The largest absolute Gasteiger partial charge is 0.438 e. The van der Waals surface area contributed by atoms with Crippen molar-refractivity contribution in [2.24, 2.45) is 11.6 Å². The number of rotatable bonds is 6. The number of primary amides is 1. The molecule has 0 aliphatic rings. The van der Waals surface area contributed by atoms with E-state index in [1.807, 2.05) is 6.92 Å². The standard InChI is InChI=1S/C14H17N5O2/c1-2-5-11-17-12(19-16)8-13(18-11)21-10-7-4-3-6-9(10)14(15)20/h3-4,6-8H,2,5,16H2,1H3,(H2,15,20)(H,17,18,19). The molecule has 0 atom stereocenters. The number of hydrogen-bond donors (Lipinski definition) is 3. The predicted molar refractivity (Wildman–Crippen MR) is 78.9 cm³/mol. The van der Waals surface area contributed by atoms with E-state index in [1.165, 1.54) is 0 Å². The third-order valence-electron chi connectivity index (χ3n) is 2.74. The summed E-state index contributed by atoms with van der Waals surface area (Å²) in [5, 5.41) is 0. The second-order valence-corrected chi connectivity index (χ2v) is 4.36. The van der Waals surface area contributed by atoms with E-state index in [0.717, 1.165) is 6.42 Å². The smallest absolute Gasteiger partial charge is 0.252 e. The molecule has 0 aliphatic carbocycles. The van der Waals surface area contributed by atoms with Crippen molar-refractivity contribution in [1.29, 1.82) is 0 Å². The molecular formula is C14H17N5O2. The number of carbonyl (C=O) groups excluding carboxylic acids is 1. The van der Waals surface area contributed by atoms with Crippen molar-refractivity contribution in [3.8, 4) is 11.6 Å². The van der Waals surface area contributed by atoms with Crippen LogP contribution in [-0.4, -0.2) is 15.9 Å². The van der Waals surface area contributed by atoms with Crippen LogP contribution >= 0.6 is 0 Å². The number of benzene rings is 1. The number of aromatic nitrogens is 2. The summed E-state index contributed by atoms with van der Waals surface area (Å²) < 4.78 is 5.65. The van der Waals surface area contributed by atoms with E-state index >= 15 is 0 Å². The average molecular weight is 287 g/mol. The fraction of sp³-hybridized carbons (Fsp3) is 0.214. The van der Waals surface area contributed by atoms with E-state index in [1.54, 1.807) is 30.3 Å². The van der Waals surface area contributed by atoms with Gasteiger partial charge in [0.05, 0.1) is 5.56 Å². The lowest BCUT2D eigenvalue weighted by Gasteiger charge is -2.10. The molecule has 0 bridgehead atoms. The van der Waals surface area contributed by atoms with Crippen LogP contribution in [0, 0.1) is 0 Å². The van der Waals surface area contributed by atoms with E-state index in [2.05, 4.69) is 15.4 Å². The number of nitrogen functional groups attached to an aromatic ring is 1. The summed E-state index contributed by atoms with van der Waals surface area (Å²) >= 11 is 0. The SMILES string of the molecule is CCCc1nc(NN)cc(Oc2ccccc2C(N)=O)n1. The lowest BCUT2D eigenvalue weighted by molar-refractivity contribution is 0.0998. The normalized spacial score (nSPS) is 10.2. The van der Waals surface area contributed by atoms with E-state index in [-0.39, 0.29) is 5.56 Å². The molecule has 1 heterocycles. The number of hydrogen-bond acceptors (Lipinski definition) is 6. The average Bonchev–Trinajstić information content (AvgIpc) is 2.47. The molecule has 0 radical (unpaired) electrons. The van der Waals surface area contributed by atoms with Gasteiger partial charge >= 0.3 is 0 Å². The number of anilines is 1. The molecule has 1 aromatic carbocycles. The summed E-state index contributed by atoms with van der Waals surface area (Å²) in [7, 11) is 0.